The lowest BCUT2D eigenvalue weighted by Crippen LogP contribution is -2.28. The summed E-state index contributed by atoms with van der Waals surface area (Å²) in [4.78, 5) is 13.5. The molecule has 38 heavy (non-hydrogen) atoms. The van der Waals surface area contributed by atoms with Gasteiger partial charge in [0.1, 0.15) is 25.0 Å². The minimum absolute atomic E-state index is 0.110. The van der Waals surface area contributed by atoms with E-state index < -0.39 is 34.9 Å². The minimum atomic E-state index is -4.10. The maximum atomic E-state index is 13.5. The number of nitrogens with one attached hydrogen (secondary N) is 1. The van der Waals surface area contributed by atoms with Crippen molar-refractivity contribution in [1.29, 1.82) is 0 Å². The normalized spacial score (nSPS) is 11.9. The van der Waals surface area contributed by atoms with Crippen LogP contribution in [0.2, 0.25) is 19.6 Å². The highest BCUT2D eigenvalue weighted by molar-refractivity contribution is 7.89. The highest BCUT2D eigenvalue weighted by atomic mass is 32.2. The topological polar surface area (TPSA) is 79.6 Å². The Morgan fingerprint density at radius 3 is 2.37 bits per heavy atom. The van der Waals surface area contributed by atoms with Crippen molar-refractivity contribution in [2.75, 3.05) is 18.9 Å². The van der Waals surface area contributed by atoms with Crippen molar-refractivity contribution in [3.8, 4) is 22.6 Å². The first-order valence-electron chi connectivity index (χ1n) is 12.1. The molecule has 0 unspecified atom stereocenters. The van der Waals surface area contributed by atoms with Crippen molar-refractivity contribution in [3.63, 3.8) is 0 Å². The third-order valence-corrected chi connectivity index (χ3v) is 8.56. The zero-order valence-electron chi connectivity index (χ0n) is 21.9. The van der Waals surface area contributed by atoms with Gasteiger partial charge < -0.3 is 9.73 Å². The number of benzene rings is 3. The average molecular weight is 549 g/mol. The summed E-state index contributed by atoms with van der Waals surface area (Å²) in [5.74, 6) is 2.12. The van der Waals surface area contributed by atoms with Crippen molar-refractivity contribution in [2.24, 2.45) is 0 Å². The van der Waals surface area contributed by atoms with E-state index in [1.807, 2.05) is 30.3 Å². The Morgan fingerprint density at radius 2 is 1.71 bits per heavy atom. The number of hydrogen-bond acceptors (Lipinski definition) is 4. The molecule has 9 heteroatoms. The minimum Gasteiger partial charge on any atom is -0.442 e. The number of furan rings is 1. The highest BCUT2D eigenvalue weighted by Gasteiger charge is 2.33. The van der Waals surface area contributed by atoms with Gasteiger partial charge in [-0.3, -0.25) is 4.79 Å². The number of anilines is 1. The molecule has 0 saturated heterocycles. The van der Waals surface area contributed by atoms with E-state index in [9.17, 15) is 17.6 Å². The van der Waals surface area contributed by atoms with Crippen molar-refractivity contribution >= 4 is 40.7 Å². The summed E-state index contributed by atoms with van der Waals surface area (Å²) < 4.78 is 46.9. The van der Waals surface area contributed by atoms with Gasteiger partial charge in [-0.15, -0.1) is 5.54 Å². The summed E-state index contributed by atoms with van der Waals surface area (Å²) in [6.45, 7) is 8.41. The van der Waals surface area contributed by atoms with Gasteiger partial charge >= 0.3 is 0 Å². The van der Waals surface area contributed by atoms with Crippen molar-refractivity contribution in [1.82, 2.24) is 4.31 Å². The zero-order valence-corrected chi connectivity index (χ0v) is 23.7. The Kier molecular flexibility index (Phi) is 7.60. The quantitative estimate of drug-likeness (QED) is 0.225. The molecule has 1 amide bonds. The lowest BCUT2D eigenvalue weighted by atomic mass is 10.0. The monoisotopic (exact) mass is 548 g/mol. The Bertz CT molecular complexity index is 1680. The third-order valence-electron chi connectivity index (χ3n) is 5.85. The number of carbonyl (C=O) groups is 1. The number of fused-ring (bicyclic) bond motifs is 1. The van der Waals surface area contributed by atoms with Gasteiger partial charge in [-0.1, -0.05) is 50.7 Å². The molecule has 196 valence electrons. The van der Waals surface area contributed by atoms with Crippen LogP contribution in [0.1, 0.15) is 22.8 Å². The first kappa shape index (κ1) is 27.3. The third kappa shape index (κ3) is 5.88. The van der Waals surface area contributed by atoms with Gasteiger partial charge in [-0.2, -0.15) is 4.31 Å². The lowest BCUT2D eigenvalue weighted by molar-refractivity contribution is 0.102. The number of nitrogens with zero attached hydrogens (tertiary/aromatic N) is 1. The molecular formula is C29H29FN2O4SSi. The molecule has 0 aliphatic carbocycles. The van der Waals surface area contributed by atoms with Crippen LogP contribution in [-0.4, -0.2) is 40.3 Å². The van der Waals surface area contributed by atoms with Gasteiger partial charge in [0.15, 0.2) is 0 Å². The summed E-state index contributed by atoms with van der Waals surface area (Å²) in [5.41, 5.74) is 6.35. The van der Waals surface area contributed by atoms with Gasteiger partial charge in [0, 0.05) is 30.2 Å². The molecule has 4 rings (SSSR count). The van der Waals surface area contributed by atoms with Crippen LogP contribution in [0.3, 0.4) is 0 Å². The van der Waals surface area contributed by atoms with E-state index in [1.165, 1.54) is 31.3 Å². The SMILES string of the molecule is CCN(C)S(=O)(=O)c1oc2ccc(-c3cccc(C#C[Si](C)(C)C)c3)cc2c1C(=O)Nc1ccc(F)cc1. The van der Waals surface area contributed by atoms with Crippen LogP contribution in [0.5, 0.6) is 0 Å². The van der Waals surface area contributed by atoms with Crippen molar-refractivity contribution < 1.29 is 22.0 Å². The van der Waals surface area contributed by atoms with Crippen molar-refractivity contribution in [2.45, 2.75) is 31.7 Å². The van der Waals surface area contributed by atoms with Crippen LogP contribution < -0.4 is 5.32 Å². The van der Waals surface area contributed by atoms with Crippen LogP contribution in [0, 0.1) is 17.3 Å². The van der Waals surface area contributed by atoms with E-state index in [4.69, 9.17) is 4.42 Å². The number of rotatable bonds is 6. The number of sulfonamides is 1. The van der Waals surface area contributed by atoms with E-state index in [0.29, 0.717) is 11.1 Å². The Labute approximate surface area is 223 Å². The van der Waals surface area contributed by atoms with Crippen LogP contribution >= 0.6 is 0 Å². The molecule has 0 saturated carbocycles. The fourth-order valence-corrected chi connectivity index (χ4v) is 5.52. The van der Waals surface area contributed by atoms with Gasteiger partial charge in [-0.05, 0) is 59.7 Å². The smallest absolute Gasteiger partial charge is 0.277 e. The van der Waals surface area contributed by atoms with Gasteiger partial charge in [0.05, 0.1) is 0 Å². The molecule has 6 nitrogen and oxygen atoms in total. The second-order valence-corrected chi connectivity index (χ2v) is 16.6. The molecule has 0 aliphatic rings. The second-order valence-electron chi connectivity index (χ2n) is 9.94. The summed E-state index contributed by atoms with van der Waals surface area (Å²) >= 11 is 0. The van der Waals surface area contributed by atoms with E-state index in [2.05, 4.69) is 36.4 Å². The van der Waals surface area contributed by atoms with E-state index >= 15 is 0 Å². The highest BCUT2D eigenvalue weighted by Crippen LogP contribution is 2.35. The maximum Gasteiger partial charge on any atom is 0.277 e. The Morgan fingerprint density at radius 1 is 1.03 bits per heavy atom. The fraction of sp³-hybridized carbons (Fsp3) is 0.207. The van der Waals surface area contributed by atoms with E-state index in [0.717, 1.165) is 21.0 Å². The molecule has 0 radical (unpaired) electrons. The predicted molar refractivity (Wildman–Crippen MR) is 152 cm³/mol. The first-order valence-corrected chi connectivity index (χ1v) is 17.1. The molecule has 3 aromatic carbocycles. The predicted octanol–water partition coefficient (Wildman–Crippen LogP) is 6.36. The second kappa shape index (κ2) is 10.6. The molecule has 0 fully saturated rings. The molecule has 1 N–H and O–H groups in total. The molecule has 0 atom stereocenters. The lowest BCUT2D eigenvalue weighted by Gasteiger charge is -2.14. The van der Waals surface area contributed by atoms with Crippen LogP contribution in [0.15, 0.2) is 76.2 Å². The van der Waals surface area contributed by atoms with Crippen molar-refractivity contribution in [3.05, 3.63) is 83.7 Å². The number of halogens is 1. The van der Waals surface area contributed by atoms with Gasteiger partial charge in [-0.25, -0.2) is 12.8 Å². The fourth-order valence-electron chi connectivity index (χ4n) is 3.73. The standard InChI is InChI=1S/C29H29FN2O4SSi/c1-6-32(2)37(34,35)29-27(28(33)31-24-13-11-23(30)12-14-24)25-19-22(10-15-26(25)36-29)21-9-7-8-20(18-21)16-17-38(3,4)5/h7-15,18-19H,6H2,1-5H3,(H,31,33). The Balaban J connectivity index is 1.86. The molecule has 4 aromatic rings. The van der Waals surface area contributed by atoms with Gasteiger partial charge in [0.2, 0.25) is 5.09 Å². The summed E-state index contributed by atoms with van der Waals surface area (Å²) in [7, 11) is -4.24. The van der Waals surface area contributed by atoms with E-state index in [1.54, 1.807) is 19.1 Å². The molecule has 1 heterocycles. The number of hydrogen-bond donors (Lipinski definition) is 1. The molecule has 0 bridgehead atoms. The molecule has 0 spiro atoms. The van der Waals surface area contributed by atoms with Crippen LogP contribution in [-0.2, 0) is 10.0 Å². The van der Waals surface area contributed by atoms with E-state index in [-0.39, 0.29) is 17.7 Å². The first-order chi connectivity index (χ1) is 17.9. The Hall–Kier alpha value is -3.71. The molecular weight excluding hydrogens is 519 g/mol. The maximum absolute atomic E-state index is 13.5. The number of amides is 1. The summed E-state index contributed by atoms with van der Waals surface area (Å²) in [6, 6.07) is 18.2. The van der Waals surface area contributed by atoms with Crippen LogP contribution in [0.4, 0.5) is 10.1 Å². The number of carbonyl (C=O) groups excluding carboxylic acids is 1. The van der Waals surface area contributed by atoms with Crippen LogP contribution in [0.25, 0.3) is 22.1 Å². The summed E-state index contributed by atoms with van der Waals surface area (Å²) in [5, 5.41) is 2.58. The largest absolute Gasteiger partial charge is 0.442 e. The average Bonchev–Trinajstić information content (AvgIpc) is 3.28. The zero-order chi connectivity index (χ0) is 27.7. The molecule has 0 aliphatic heterocycles. The van der Waals surface area contributed by atoms with Gasteiger partial charge in [0.25, 0.3) is 15.9 Å². The summed E-state index contributed by atoms with van der Waals surface area (Å²) in [6.07, 6.45) is 0. The molecule has 1 aromatic heterocycles.